The van der Waals surface area contributed by atoms with Crippen LogP contribution >= 0.6 is 0 Å². The third-order valence-corrected chi connectivity index (χ3v) is 7.62. The monoisotopic (exact) mass is 484 g/mol. The van der Waals surface area contributed by atoms with E-state index in [4.69, 9.17) is 9.47 Å². The number of piperidine rings is 1. The lowest BCUT2D eigenvalue weighted by Gasteiger charge is -2.31. The van der Waals surface area contributed by atoms with Gasteiger partial charge < -0.3 is 14.8 Å². The third kappa shape index (κ3) is 5.25. The number of carbonyl (C=O) groups excluding carboxylic acids is 1. The molecule has 33 heavy (non-hydrogen) atoms. The van der Waals surface area contributed by atoms with Crippen molar-refractivity contribution in [3.8, 4) is 11.5 Å². The third-order valence-electron chi connectivity index (χ3n) is 5.72. The number of ether oxygens (including phenoxy) is 2. The molecule has 0 radical (unpaired) electrons. The summed E-state index contributed by atoms with van der Waals surface area (Å²) in [4.78, 5) is 12.6. The molecule has 0 aliphatic carbocycles. The van der Waals surface area contributed by atoms with Crippen molar-refractivity contribution < 1.29 is 35.9 Å². The number of fused-ring (bicyclic) bond motifs is 1. The highest BCUT2D eigenvalue weighted by Crippen LogP contribution is 2.34. The molecule has 1 amide bonds. The smallest absolute Gasteiger partial charge is 0.416 e. The number of alkyl halides is 3. The summed E-state index contributed by atoms with van der Waals surface area (Å²) in [5.74, 6) is 0.279. The van der Waals surface area contributed by atoms with E-state index in [1.807, 2.05) is 0 Å². The molecule has 0 aromatic heterocycles. The highest BCUT2D eigenvalue weighted by Gasteiger charge is 2.33. The van der Waals surface area contributed by atoms with E-state index in [2.05, 4.69) is 5.32 Å². The topological polar surface area (TPSA) is 84.9 Å². The van der Waals surface area contributed by atoms with Crippen molar-refractivity contribution in [1.29, 1.82) is 0 Å². The van der Waals surface area contributed by atoms with Crippen LogP contribution in [-0.2, 0) is 27.5 Å². The molecule has 0 saturated carbocycles. The van der Waals surface area contributed by atoms with Crippen LogP contribution in [0.15, 0.2) is 47.4 Å². The number of hydrogen-bond acceptors (Lipinski definition) is 5. The van der Waals surface area contributed by atoms with Crippen molar-refractivity contribution >= 4 is 15.9 Å². The molecule has 0 unspecified atom stereocenters. The van der Waals surface area contributed by atoms with Gasteiger partial charge >= 0.3 is 6.18 Å². The number of amides is 1. The van der Waals surface area contributed by atoms with Gasteiger partial charge in [0.25, 0.3) is 0 Å². The molecule has 0 atom stereocenters. The van der Waals surface area contributed by atoms with Gasteiger partial charge in [-0.05, 0) is 42.7 Å². The molecule has 2 aliphatic rings. The zero-order valence-corrected chi connectivity index (χ0v) is 18.4. The average Bonchev–Trinajstić information content (AvgIpc) is 2.82. The van der Waals surface area contributed by atoms with Crippen LogP contribution in [0.3, 0.4) is 0 Å². The maximum Gasteiger partial charge on any atom is 0.416 e. The predicted octanol–water partition coefficient (Wildman–Crippen LogP) is 3.19. The number of rotatable bonds is 5. The first-order valence-corrected chi connectivity index (χ1v) is 11.9. The molecule has 1 saturated heterocycles. The van der Waals surface area contributed by atoms with Gasteiger partial charge in [-0.1, -0.05) is 12.1 Å². The summed E-state index contributed by atoms with van der Waals surface area (Å²) < 4.78 is 76.2. The van der Waals surface area contributed by atoms with Gasteiger partial charge in [0.1, 0.15) is 13.2 Å². The number of nitrogens with one attached hydrogen (secondary N) is 1. The molecular formula is C22H23F3N2O5S. The summed E-state index contributed by atoms with van der Waals surface area (Å²) in [6, 6.07) is 9.10. The molecular weight excluding hydrogens is 461 g/mol. The molecule has 178 valence electrons. The Morgan fingerprint density at radius 3 is 2.27 bits per heavy atom. The van der Waals surface area contributed by atoms with E-state index >= 15 is 0 Å². The second-order valence-electron chi connectivity index (χ2n) is 7.90. The minimum atomic E-state index is -4.41. The van der Waals surface area contributed by atoms with Crippen molar-refractivity contribution in [2.45, 2.75) is 30.5 Å². The van der Waals surface area contributed by atoms with Crippen LogP contribution in [0.2, 0.25) is 0 Å². The highest BCUT2D eigenvalue weighted by molar-refractivity contribution is 7.89. The minimum Gasteiger partial charge on any atom is -0.486 e. The number of hydrogen-bond donors (Lipinski definition) is 1. The van der Waals surface area contributed by atoms with Crippen molar-refractivity contribution in [3.63, 3.8) is 0 Å². The maximum absolute atomic E-state index is 13.0. The lowest BCUT2D eigenvalue weighted by atomic mass is 9.97. The number of sulfonamides is 1. The van der Waals surface area contributed by atoms with E-state index in [1.165, 1.54) is 28.6 Å². The summed E-state index contributed by atoms with van der Waals surface area (Å²) >= 11 is 0. The number of halogens is 3. The van der Waals surface area contributed by atoms with Gasteiger partial charge in [0.05, 0.1) is 10.5 Å². The van der Waals surface area contributed by atoms with Gasteiger partial charge in [0.15, 0.2) is 11.5 Å². The first-order valence-electron chi connectivity index (χ1n) is 10.5. The molecule has 4 rings (SSSR count). The van der Waals surface area contributed by atoms with Gasteiger partial charge in [-0.2, -0.15) is 17.5 Å². The first kappa shape index (κ1) is 23.4. The predicted molar refractivity (Wildman–Crippen MR) is 112 cm³/mol. The van der Waals surface area contributed by atoms with Gasteiger partial charge in [0.2, 0.25) is 15.9 Å². The van der Waals surface area contributed by atoms with Crippen molar-refractivity contribution in [2.24, 2.45) is 5.92 Å². The van der Waals surface area contributed by atoms with Crippen LogP contribution in [0.4, 0.5) is 13.2 Å². The molecule has 2 aromatic rings. The van der Waals surface area contributed by atoms with Gasteiger partial charge in [-0.15, -0.1) is 0 Å². The molecule has 7 nitrogen and oxygen atoms in total. The molecule has 11 heteroatoms. The van der Waals surface area contributed by atoms with E-state index in [9.17, 15) is 26.4 Å². The Hall–Kier alpha value is -2.79. The summed E-state index contributed by atoms with van der Waals surface area (Å²) in [5.41, 5.74) is -0.195. The standard InChI is InChI=1S/C22H23F3N2O5S/c23-22(24,25)17-3-1-15(2-4-17)14-26-21(28)16-7-9-27(10-8-16)33(29,30)18-5-6-19-20(13-18)32-12-11-31-19/h1-6,13,16H,7-12,14H2,(H,26,28). The molecule has 0 bridgehead atoms. The summed E-state index contributed by atoms with van der Waals surface area (Å²) in [6.07, 6.45) is -3.71. The molecule has 1 N–H and O–H groups in total. The summed E-state index contributed by atoms with van der Waals surface area (Å²) in [5, 5.41) is 2.73. The van der Waals surface area contributed by atoms with E-state index in [1.54, 1.807) is 6.07 Å². The van der Waals surface area contributed by atoms with Crippen molar-refractivity contribution in [2.75, 3.05) is 26.3 Å². The molecule has 1 fully saturated rings. The number of benzene rings is 2. The zero-order chi connectivity index (χ0) is 23.6. The fraction of sp³-hybridized carbons (Fsp3) is 0.409. The lowest BCUT2D eigenvalue weighted by molar-refractivity contribution is -0.137. The Bertz CT molecular complexity index is 1110. The van der Waals surface area contributed by atoms with E-state index in [0.717, 1.165) is 12.1 Å². The average molecular weight is 484 g/mol. The van der Waals surface area contributed by atoms with Gasteiger partial charge in [0, 0.05) is 31.6 Å². The minimum absolute atomic E-state index is 0.104. The SMILES string of the molecule is O=C(NCc1ccc(C(F)(F)F)cc1)C1CCN(S(=O)(=O)c2ccc3c(c2)OCCO3)CC1. The van der Waals surface area contributed by atoms with E-state index in [0.29, 0.717) is 43.1 Å². The normalized spacial score (nSPS) is 17.5. The van der Waals surface area contributed by atoms with Crippen LogP contribution in [0.25, 0.3) is 0 Å². The Kier molecular flexibility index (Phi) is 6.53. The molecule has 0 spiro atoms. The lowest BCUT2D eigenvalue weighted by Crippen LogP contribution is -2.42. The fourth-order valence-electron chi connectivity index (χ4n) is 3.84. The van der Waals surface area contributed by atoms with Gasteiger partial charge in [-0.3, -0.25) is 4.79 Å². The van der Waals surface area contributed by atoms with Gasteiger partial charge in [-0.25, -0.2) is 8.42 Å². The molecule has 2 aromatic carbocycles. The number of nitrogens with zero attached hydrogens (tertiary/aromatic N) is 1. The van der Waals surface area contributed by atoms with Crippen molar-refractivity contribution in [1.82, 2.24) is 9.62 Å². The Balaban J connectivity index is 1.31. The summed E-state index contributed by atoms with van der Waals surface area (Å²) in [6.45, 7) is 1.24. The molecule has 2 aliphatic heterocycles. The fourth-order valence-corrected chi connectivity index (χ4v) is 5.32. The summed E-state index contributed by atoms with van der Waals surface area (Å²) in [7, 11) is -3.74. The quantitative estimate of drug-likeness (QED) is 0.705. The van der Waals surface area contributed by atoms with Crippen LogP contribution in [0.5, 0.6) is 11.5 Å². The Labute approximate surface area is 189 Å². The largest absolute Gasteiger partial charge is 0.486 e. The Morgan fingerprint density at radius 1 is 1.00 bits per heavy atom. The van der Waals surface area contributed by atoms with E-state index in [-0.39, 0.29) is 36.4 Å². The van der Waals surface area contributed by atoms with Crippen LogP contribution in [0.1, 0.15) is 24.0 Å². The highest BCUT2D eigenvalue weighted by atomic mass is 32.2. The Morgan fingerprint density at radius 2 is 1.64 bits per heavy atom. The van der Waals surface area contributed by atoms with Crippen LogP contribution in [-0.4, -0.2) is 44.9 Å². The first-order chi connectivity index (χ1) is 15.6. The van der Waals surface area contributed by atoms with Crippen molar-refractivity contribution in [3.05, 3.63) is 53.6 Å². The second-order valence-corrected chi connectivity index (χ2v) is 9.83. The number of carbonyl (C=O) groups is 1. The zero-order valence-electron chi connectivity index (χ0n) is 17.6. The van der Waals surface area contributed by atoms with Crippen LogP contribution < -0.4 is 14.8 Å². The molecule has 2 heterocycles. The maximum atomic E-state index is 13.0. The van der Waals surface area contributed by atoms with Crippen LogP contribution in [0, 0.1) is 5.92 Å². The van der Waals surface area contributed by atoms with E-state index < -0.39 is 21.8 Å². The second kappa shape index (κ2) is 9.22.